The SMILES string of the molecule is C[C@@]12CN(Cc3nccc4c3CCCC4)C[C@]1(C)CS(=O)(=O)C2. The Hall–Kier alpha value is -0.940. The summed E-state index contributed by atoms with van der Waals surface area (Å²) < 4.78 is 24.2. The van der Waals surface area contributed by atoms with E-state index in [1.165, 1.54) is 36.1 Å². The van der Waals surface area contributed by atoms with E-state index in [2.05, 4.69) is 29.8 Å². The van der Waals surface area contributed by atoms with Crippen molar-refractivity contribution in [2.75, 3.05) is 24.6 Å². The summed E-state index contributed by atoms with van der Waals surface area (Å²) in [5.74, 6) is 0.681. The van der Waals surface area contributed by atoms with Crippen molar-refractivity contribution in [1.82, 2.24) is 9.88 Å². The summed E-state index contributed by atoms with van der Waals surface area (Å²) in [6.45, 7) is 6.92. The Bertz CT molecular complexity index is 719. The van der Waals surface area contributed by atoms with Crippen LogP contribution in [0.15, 0.2) is 12.3 Å². The molecule has 2 fully saturated rings. The molecule has 1 aromatic rings. The Balaban J connectivity index is 1.57. The lowest BCUT2D eigenvalue weighted by Gasteiger charge is -2.30. The van der Waals surface area contributed by atoms with Crippen LogP contribution in [0.1, 0.15) is 43.5 Å². The fourth-order valence-corrected chi connectivity index (χ4v) is 8.01. The van der Waals surface area contributed by atoms with Crippen molar-refractivity contribution in [2.24, 2.45) is 10.8 Å². The summed E-state index contributed by atoms with van der Waals surface area (Å²) in [4.78, 5) is 7.10. The average Bonchev–Trinajstić information content (AvgIpc) is 2.77. The minimum Gasteiger partial charge on any atom is -0.296 e. The molecule has 4 rings (SSSR count). The van der Waals surface area contributed by atoms with Gasteiger partial charge in [-0.3, -0.25) is 9.88 Å². The first-order chi connectivity index (χ1) is 10.8. The summed E-state index contributed by atoms with van der Waals surface area (Å²) in [7, 11) is -2.88. The molecule has 1 aliphatic carbocycles. The third-order valence-electron chi connectivity index (χ3n) is 6.42. The van der Waals surface area contributed by atoms with Crippen LogP contribution in [-0.4, -0.2) is 42.9 Å². The number of hydrogen-bond donors (Lipinski definition) is 0. The third-order valence-corrected chi connectivity index (χ3v) is 8.57. The zero-order valence-corrected chi connectivity index (χ0v) is 15.0. The predicted molar refractivity (Wildman–Crippen MR) is 91.0 cm³/mol. The van der Waals surface area contributed by atoms with Crippen LogP contribution < -0.4 is 0 Å². The highest BCUT2D eigenvalue weighted by molar-refractivity contribution is 7.91. The van der Waals surface area contributed by atoms with E-state index < -0.39 is 9.84 Å². The predicted octanol–water partition coefficient (Wildman–Crippen LogP) is 2.22. The highest BCUT2D eigenvalue weighted by Gasteiger charge is 2.60. The lowest BCUT2D eigenvalue weighted by molar-refractivity contribution is 0.212. The van der Waals surface area contributed by atoms with E-state index in [-0.39, 0.29) is 10.8 Å². The standard InChI is InChI=1S/C18H26N2O2S/c1-17-10-20(11-18(17,2)13-23(21,22)12-17)9-16-15-6-4-3-5-14(15)7-8-19-16/h7-8H,3-6,9-13H2,1-2H3/t17-,18+. The van der Waals surface area contributed by atoms with Crippen LogP contribution in [0.2, 0.25) is 0 Å². The number of aryl methyl sites for hydroxylation is 1. The van der Waals surface area contributed by atoms with Crippen molar-refractivity contribution in [2.45, 2.75) is 46.1 Å². The largest absolute Gasteiger partial charge is 0.296 e. The first-order valence-corrected chi connectivity index (χ1v) is 10.5. The van der Waals surface area contributed by atoms with Crippen LogP contribution in [0.25, 0.3) is 0 Å². The molecule has 0 unspecified atom stereocenters. The maximum absolute atomic E-state index is 12.1. The highest BCUT2D eigenvalue weighted by Crippen LogP contribution is 2.52. The molecule has 2 atom stereocenters. The monoisotopic (exact) mass is 334 g/mol. The van der Waals surface area contributed by atoms with Crippen LogP contribution in [-0.2, 0) is 29.2 Å². The zero-order valence-electron chi connectivity index (χ0n) is 14.1. The van der Waals surface area contributed by atoms with E-state index in [0.29, 0.717) is 11.5 Å². The summed E-state index contributed by atoms with van der Waals surface area (Å²) in [6, 6.07) is 2.17. The van der Waals surface area contributed by atoms with Gasteiger partial charge in [0.1, 0.15) is 0 Å². The van der Waals surface area contributed by atoms with Gasteiger partial charge in [0.25, 0.3) is 0 Å². The van der Waals surface area contributed by atoms with Gasteiger partial charge in [0.2, 0.25) is 0 Å². The molecule has 0 spiro atoms. The molecule has 0 bridgehead atoms. The Kier molecular flexibility index (Phi) is 3.40. The molecule has 23 heavy (non-hydrogen) atoms. The highest BCUT2D eigenvalue weighted by atomic mass is 32.2. The molecule has 0 saturated carbocycles. The second-order valence-electron chi connectivity index (χ2n) is 8.40. The van der Waals surface area contributed by atoms with E-state index >= 15 is 0 Å². The first-order valence-electron chi connectivity index (χ1n) is 8.69. The van der Waals surface area contributed by atoms with E-state index in [1.807, 2.05) is 6.20 Å². The molecule has 1 aromatic heterocycles. The van der Waals surface area contributed by atoms with Crippen molar-refractivity contribution in [3.63, 3.8) is 0 Å². The lowest BCUT2D eigenvalue weighted by Crippen LogP contribution is -2.34. The van der Waals surface area contributed by atoms with E-state index in [4.69, 9.17) is 0 Å². The second kappa shape index (κ2) is 5.03. The number of sulfone groups is 1. The summed E-state index contributed by atoms with van der Waals surface area (Å²) in [5.41, 5.74) is 3.93. The Morgan fingerprint density at radius 2 is 1.78 bits per heavy atom. The number of likely N-dealkylation sites (tertiary alicyclic amines) is 1. The van der Waals surface area contributed by atoms with Crippen molar-refractivity contribution in [1.29, 1.82) is 0 Å². The molecule has 0 amide bonds. The van der Waals surface area contributed by atoms with Gasteiger partial charge in [-0.15, -0.1) is 0 Å². The Morgan fingerprint density at radius 3 is 2.48 bits per heavy atom. The molecule has 0 N–H and O–H groups in total. The van der Waals surface area contributed by atoms with Crippen LogP contribution in [0.3, 0.4) is 0 Å². The number of fused-ring (bicyclic) bond motifs is 2. The quantitative estimate of drug-likeness (QED) is 0.832. The van der Waals surface area contributed by atoms with E-state index in [9.17, 15) is 8.42 Å². The molecule has 0 aromatic carbocycles. The number of pyridine rings is 1. The molecular formula is C18H26N2O2S. The molecule has 3 heterocycles. The molecule has 2 saturated heterocycles. The lowest BCUT2D eigenvalue weighted by atomic mass is 9.71. The number of nitrogens with zero attached hydrogens (tertiary/aromatic N) is 2. The maximum Gasteiger partial charge on any atom is 0.151 e. The molecule has 3 aliphatic rings. The van der Waals surface area contributed by atoms with Crippen LogP contribution in [0.4, 0.5) is 0 Å². The van der Waals surface area contributed by atoms with Crippen LogP contribution >= 0.6 is 0 Å². The fraction of sp³-hybridized carbons (Fsp3) is 0.722. The van der Waals surface area contributed by atoms with Gasteiger partial charge in [0.05, 0.1) is 17.2 Å². The maximum atomic E-state index is 12.1. The normalized spacial score (nSPS) is 35.9. The molecule has 4 nitrogen and oxygen atoms in total. The smallest absolute Gasteiger partial charge is 0.151 e. The van der Waals surface area contributed by atoms with Gasteiger partial charge in [-0.05, 0) is 42.9 Å². The van der Waals surface area contributed by atoms with Crippen molar-refractivity contribution in [3.8, 4) is 0 Å². The van der Waals surface area contributed by atoms with E-state index in [0.717, 1.165) is 26.1 Å². The van der Waals surface area contributed by atoms with Crippen molar-refractivity contribution < 1.29 is 8.42 Å². The second-order valence-corrected chi connectivity index (χ2v) is 10.5. The summed E-state index contributed by atoms with van der Waals surface area (Å²) in [5, 5.41) is 0. The van der Waals surface area contributed by atoms with E-state index in [1.54, 1.807) is 0 Å². The van der Waals surface area contributed by atoms with Gasteiger partial charge in [-0.25, -0.2) is 8.42 Å². The zero-order chi connectivity index (χ0) is 16.3. The van der Waals surface area contributed by atoms with Crippen molar-refractivity contribution >= 4 is 9.84 Å². The Morgan fingerprint density at radius 1 is 1.13 bits per heavy atom. The number of aromatic nitrogens is 1. The number of hydrogen-bond acceptors (Lipinski definition) is 4. The minimum atomic E-state index is -2.88. The summed E-state index contributed by atoms with van der Waals surface area (Å²) >= 11 is 0. The van der Waals surface area contributed by atoms with Gasteiger partial charge >= 0.3 is 0 Å². The van der Waals surface area contributed by atoms with Crippen molar-refractivity contribution in [3.05, 3.63) is 29.1 Å². The van der Waals surface area contributed by atoms with Crippen LogP contribution in [0.5, 0.6) is 0 Å². The minimum absolute atomic E-state index is 0.110. The molecule has 2 aliphatic heterocycles. The molecular weight excluding hydrogens is 308 g/mol. The number of rotatable bonds is 2. The molecule has 5 heteroatoms. The topological polar surface area (TPSA) is 50.3 Å². The molecule has 0 radical (unpaired) electrons. The molecule has 126 valence electrons. The first kappa shape index (κ1) is 15.6. The van der Waals surface area contributed by atoms with Gasteiger partial charge in [0.15, 0.2) is 9.84 Å². The van der Waals surface area contributed by atoms with Gasteiger partial charge in [-0.2, -0.15) is 0 Å². The average molecular weight is 334 g/mol. The third kappa shape index (κ3) is 2.52. The van der Waals surface area contributed by atoms with Gasteiger partial charge < -0.3 is 0 Å². The Labute approximate surface area is 139 Å². The van der Waals surface area contributed by atoms with Gasteiger partial charge in [0, 0.05) is 36.7 Å². The van der Waals surface area contributed by atoms with Gasteiger partial charge in [-0.1, -0.05) is 13.8 Å². The van der Waals surface area contributed by atoms with Crippen LogP contribution in [0, 0.1) is 10.8 Å². The summed E-state index contributed by atoms with van der Waals surface area (Å²) in [6.07, 6.45) is 6.83. The fourth-order valence-electron chi connectivity index (χ4n) is 5.08.